The van der Waals surface area contributed by atoms with Crippen molar-refractivity contribution < 1.29 is 9.90 Å². The highest BCUT2D eigenvalue weighted by Crippen LogP contribution is 2.33. The molecule has 1 aromatic rings. The lowest BCUT2D eigenvalue weighted by Gasteiger charge is -2.27. The molecule has 0 bridgehead atoms. The van der Waals surface area contributed by atoms with Crippen LogP contribution in [-0.4, -0.2) is 26.1 Å². The van der Waals surface area contributed by atoms with E-state index in [1.165, 1.54) is 0 Å². The molecule has 0 aliphatic heterocycles. The van der Waals surface area contributed by atoms with E-state index in [0.717, 1.165) is 25.7 Å². The summed E-state index contributed by atoms with van der Waals surface area (Å²) in [6, 6.07) is 0.339. The van der Waals surface area contributed by atoms with Crippen LogP contribution in [0.4, 0.5) is 0 Å². The number of carbonyl (C=O) groups is 1. The van der Waals surface area contributed by atoms with Crippen molar-refractivity contribution in [3.8, 4) is 0 Å². The average Bonchev–Trinajstić information content (AvgIpc) is 2.69. The zero-order chi connectivity index (χ0) is 10.7. The Hall–Kier alpha value is -1.39. The summed E-state index contributed by atoms with van der Waals surface area (Å²) in [7, 11) is 0. The second-order valence-corrected chi connectivity index (χ2v) is 4.17. The molecule has 1 aliphatic carbocycles. The Kier molecular flexibility index (Phi) is 2.99. The van der Waals surface area contributed by atoms with E-state index in [4.69, 9.17) is 5.11 Å². The van der Waals surface area contributed by atoms with Crippen LogP contribution in [-0.2, 0) is 4.79 Å². The van der Waals surface area contributed by atoms with Crippen molar-refractivity contribution >= 4 is 5.97 Å². The molecule has 2 atom stereocenters. The quantitative estimate of drug-likeness (QED) is 0.818. The number of aromatic nitrogens is 3. The third kappa shape index (κ3) is 2.55. The van der Waals surface area contributed by atoms with Gasteiger partial charge in [-0.05, 0) is 25.2 Å². The fourth-order valence-electron chi connectivity index (χ4n) is 2.35. The molecule has 0 amide bonds. The minimum Gasteiger partial charge on any atom is -0.481 e. The predicted octanol–water partition coefficient (Wildman–Crippen LogP) is 1.48. The van der Waals surface area contributed by atoms with Gasteiger partial charge in [0.25, 0.3) is 0 Å². The van der Waals surface area contributed by atoms with E-state index >= 15 is 0 Å². The molecule has 1 N–H and O–H groups in total. The van der Waals surface area contributed by atoms with E-state index in [2.05, 4.69) is 10.3 Å². The molecule has 1 aliphatic rings. The molecule has 5 heteroatoms. The summed E-state index contributed by atoms with van der Waals surface area (Å²) in [5.41, 5.74) is 0. The summed E-state index contributed by atoms with van der Waals surface area (Å²) in [5.74, 6) is -0.398. The van der Waals surface area contributed by atoms with Gasteiger partial charge in [-0.2, -0.15) is 0 Å². The standard InChI is InChI=1S/C10H15N3O2/c14-10(15)7-8-2-1-3-9(6-8)13-5-4-11-12-13/h4-5,8-9H,1-3,6-7H2,(H,14,15). The van der Waals surface area contributed by atoms with Crippen LogP contribution in [0.5, 0.6) is 0 Å². The number of hydrogen-bond acceptors (Lipinski definition) is 3. The van der Waals surface area contributed by atoms with Gasteiger partial charge in [0.15, 0.2) is 0 Å². The first kappa shape index (κ1) is 10.1. The summed E-state index contributed by atoms with van der Waals surface area (Å²) in [6.45, 7) is 0. The molecule has 1 heterocycles. The maximum atomic E-state index is 10.6. The molecule has 15 heavy (non-hydrogen) atoms. The van der Waals surface area contributed by atoms with Crippen molar-refractivity contribution in [1.82, 2.24) is 15.0 Å². The Morgan fingerprint density at radius 2 is 2.40 bits per heavy atom. The average molecular weight is 209 g/mol. The van der Waals surface area contributed by atoms with Gasteiger partial charge in [0, 0.05) is 12.6 Å². The van der Waals surface area contributed by atoms with Crippen LogP contribution in [0.3, 0.4) is 0 Å². The summed E-state index contributed by atoms with van der Waals surface area (Å²) in [5, 5.41) is 16.5. The lowest BCUT2D eigenvalue weighted by molar-refractivity contribution is -0.138. The number of aliphatic carboxylic acids is 1. The highest BCUT2D eigenvalue weighted by atomic mass is 16.4. The molecule has 1 fully saturated rings. The Morgan fingerprint density at radius 1 is 1.53 bits per heavy atom. The molecule has 0 saturated heterocycles. The first-order valence-corrected chi connectivity index (χ1v) is 5.33. The van der Waals surface area contributed by atoms with Gasteiger partial charge in [-0.15, -0.1) is 5.10 Å². The van der Waals surface area contributed by atoms with Crippen LogP contribution in [0.25, 0.3) is 0 Å². The van der Waals surface area contributed by atoms with Crippen LogP contribution in [0.1, 0.15) is 38.1 Å². The maximum absolute atomic E-state index is 10.6. The number of carboxylic acids is 1. The molecule has 5 nitrogen and oxygen atoms in total. The molecule has 0 spiro atoms. The van der Waals surface area contributed by atoms with Gasteiger partial charge >= 0.3 is 5.97 Å². The van der Waals surface area contributed by atoms with Crippen LogP contribution < -0.4 is 0 Å². The third-order valence-corrected chi connectivity index (χ3v) is 3.03. The van der Waals surface area contributed by atoms with E-state index in [1.807, 2.05) is 10.9 Å². The Labute approximate surface area is 88.1 Å². The largest absolute Gasteiger partial charge is 0.481 e. The minimum atomic E-state index is -0.695. The van der Waals surface area contributed by atoms with Crippen molar-refractivity contribution in [2.45, 2.75) is 38.1 Å². The fourth-order valence-corrected chi connectivity index (χ4v) is 2.35. The van der Waals surface area contributed by atoms with Gasteiger partial charge in [-0.25, -0.2) is 4.68 Å². The van der Waals surface area contributed by atoms with Crippen LogP contribution in [0, 0.1) is 5.92 Å². The zero-order valence-corrected chi connectivity index (χ0v) is 8.54. The van der Waals surface area contributed by atoms with Gasteiger partial charge in [-0.1, -0.05) is 11.6 Å². The SMILES string of the molecule is O=C(O)CC1CCCC(n2ccnn2)C1. The predicted molar refractivity (Wildman–Crippen MR) is 53.3 cm³/mol. The van der Waals surface area contributed by atoms with Crippen LogP contribution in [0.2, 0.25) is 0 Å². The number of nitrogens with zero attached hydrogens (tertiary/aromatic N) is 3. The number of hydrogen-bond donors (Lipinski definition) is 1. The topological polar surface area (TPSA) is 68.0 Å². The zero-order valence-electron chi connectivity index (χ0n) is 8.54. The highest BCUT2D eigenvalue weighted by molar-refractivity contribution is 5.67. The lowest BCUT2D eigenvalue weighted by Crippen LogP contribution is -2.21. The minimum absolute atomic E-state index is 0.283. The van der Waals surface area contributed by atoms with Gasteiger partial charge in [0.1, 0.15) is 0 Å². The van der Waals surface area contributed by atoms with E-state index in [1.54, 1.807) is 6.20 Å². The third-order valence-electron chi connectivity index (χ3n) is 3.03. The first-order chi connectivity index (χ1) is 7.25. The summed E-state index contributed by atoms with van der Waals surface area (Å²) in [4.78, 5) is 10.6. The van der Waals surface area contributed by atoms with Gasteiger partial charge < -0.3 is 5.11 Å². The molecule has 2 unspecified atom stereocenters. The van der Waals surface area contributed by atoms with E-state index < -0.39 is 5.97 Å². The summed E-state index contributed by atoms with van der Waals surface area (Å²) >= 11 is 0. The van der Waals surface area contributed by atoms with Crippen molar-refractivity contribution in [1.29, 1.82) is 0 Å². The van der Waals surface area contributed by atoms with E-state index in [0.29, 0.717) is 12.0 Å². The second kappa shape index (κ2) is 4.42. The van der Waals surface area contributed by atoms with Crippen molar-refractivity contribution in [2.75, 3.05) is 0 Å². The van der Waals surface area contributed by atoms with Crippen LogP contribution >= 0.6 is 0 Å². The second-order valence-electron chi connectivity index (χ2n) is 4.17. The first-order valence-electron chi connectivity index (χ1n) is 5.33. The Morgan fingerprint density at radius 3 is 3.07 bits per heavy atom. The molecular weight excluding hydrogens is 194 g/mol. The van der Waals surface area contributed by atoms with Crippen molar-refractivity contribution in [2.24, 2.45) is 5.92 Å². The molecule has 0 aromatic carbocycles. The maximum Gasteiger partial charge on any atom is 0.303 e. The van der Waals surface area contributed by atoms with Crippen molar-refractivity contribution in [3.05, 3.63) is 12.4 Å². The molecule has 1 aromatic heterocycles. The van der Waals surface area contributed by atoms with Gasteiger partial charge in [-0.3, -0.25) is 4.79 Å². The number of carboxylic acid groups (broad SMARTS) is 1. The lowest BCUT2D eigenvalue weighted by atomic mass is 9.84. The Bertz CT molecular complexity index is 323. The fraction of sp³-hybridized carbons (Fsp3) is 0.700. The molecular formula is C10H15N3O2. The normalized spacial score (nSPS) is 26.4. The van der Waals surface area contributed by atoms with Crippen LogP contribution in [0.15, 0.2) is 12.4 Å². The van der Waals surface area contributed by atoms with E-state index in [9.17, 15) is 4.79 Å². The Balaban J connectivity index is 1.95. The molecule has 2 rings (SSSR count). The monoisotopic (exact) mass is 209 g/mol. The number of rotatable bonds is 3. The van der Waals surface area contributed by atoms with Crippen molar-refractivity contribution in [3.63, 3.8) is 0 Å². The molecule has 0 radical (unpaired) electrons. The highest BCUT2D eigenvalue weighted by Gasteiger charge is 2.25. The molecule has 1 saturated carbocycles. The van der Waals surface area contributed by atoms with E-state index in [-0.39, 0.29) is 6.42 Å². The smallest absolute Gasteiger partial charge is 0.303 e. The molecule has 82 valence electrons. The van der Waals surface area contributed by atoms with Gasteiger partial charge in [0.05, 0.1) is 12.2 Å². The van der Waals surface area contributed by atoms with Gasteiger partial charge in [0.2, 0.25) is 0 Å². The summed E-state index contributed by atoms with van der Waals surface area (Å²) < 4.78 is 1.86. The summed E-state index contributed by atoms with van der Waals surface area (Å²) in [6.07, 6.45) is 7.91.